The maximum absolute atomic E-state index is 12.9. The number of unbranched alkanes of at least 4 members (excludes halogenated alkanes) is 2. The smallest absolute Gasteiger partial charge is 0.249 e. The third-order valence-corrected chi connectivity index (χ3v) is 4.97. The lowest BCUT2D eigenvalue weighted by molar-refractivity contribution is -0.163. The van der Waals surface area contributed by atoms with Crippen molar-refractivity contribution in [2.45, 2.75) is 84.2 Å². The van der Waals surface area contributed by atoms with Gasteiger partial charge in [0.25, 0.3) is 0 Å². The zero-order chi connectivity index (χ0) is 15.4. The van der Waals surface area contributed by atoms with E-state index in [1.807, 2.05) is 32.6 Å². The van der Waals surface area contributed by atoms with Crippen molar-refractivity contribution in [3.8, 4) is 0 Å². The van der Waals surface area contributed by atoms with Crippen LogP contribution in [-0.4, -0.2) is 34.3 Å². The number of hydrogen-bond donors (Lipinski definition) is 1. The van der Waals surface area contributed by atoms with Gasteiger partial charge in [-0.25, -0.2) is 0 Å². The summed E-state index contributed by atoms with van der Waals surface area (Å²) in [5.74, 6) is 0.0994. The molecule has 4 heteroatoms. The topological polar surface area (TPSA) is 49.4 Å². The fourth-order valence-corrected chi connectivity index (χ4v) is 2.96. The van der Waals surface area contributed by atoms with Gasteiger partial charge in [0.1, 0.15) is 11.1 Å². The van der Waals surface area contributed by atoms with Crippen LogP contribution in [0.1, 0.15) is 73.1 Å². The van der Waals surface area contributed by atoms with Gasteiger partial charge in [-0.3, -0.25) is 9.59 Å². The number of carbonyl (C=O) groups is 2. The van der Waals surface area contributed by atoms with Gasteiger partial charge in [0.15, 0.2) is 0 Å². The molecule has 1 rings (SSSR count). The summed E-state index contributed by atoms with van der Waals surface area (Å²) in [6, 6.07) is 0. The van der Waals surface area contributed by atoms with E-state index in [1.165, 1.54) is 0 Å². The third kappa shape index (κ3) is 2.70. The lowest BCUT2D eigenvalue weighted by atomic mass is 9.81. The van der Waals surface area contributed by atoms with Crippen LogP contribution < -0.4 is 5.32 Å². The van der Waals surface area contributed by atoms with Gasteiger partial charge in [0, 0.05) is 6.54 Å². The van der Waals surface area contributed by atoms with Gasteiger partial charge in [-0.05, 0) is 32.6 Å². The average molecular weight is 282 g/mol. The second-order valence-electron chi connectivity index (χ2n) is 6.03. The van der Waals surface area contributed by atoms with E-state index in [0.717, 1.165) is 19.3 Å². The molecule has 0 spiro atoms. The summed E-state index contributed by atoms with van der Waals surface area (Å²) < 4.78 is 0. The molecule has 1 aliphatic rings. The Hall–Kier alpha value is -1.06. The Morgan fingerprint density at radius 1 is 1.00 bits per heavy atom. The van der Waals surface area contributed by atoms with Crippen molar-refractivity contribution in [3.63, 3.8) is 0 Å². The molecule has 0 aromatic heterocycles. The highest BCUT2D eigenvalue weighted by molar-refractivity contribution is 6.02. The summed E-state index contributed by atoms with van der Waals surface area (Å²) in [7, 11) is 0. The molecule has 0 aromatic rings. The van der Waals surface area contributed by atoms with Crippen LogP contribution >= 0.6 is 0 Å². The summed E-state index contributed by atoms with van der Waals surface area (Å²) in [5.41, 5.74) is -1.39. The average Bonchev–Trinajstić information content (AvgIpc) is 2.46. The first-order valence-electron chi connectivity index (χ1n) is 8.06. The number of carbonyl (C=O) groups excluding carboxylic acids is 2. The first kappa shape index (κ1) is 17.0. The molecule has 0 radical (unpaired) electrons. The van der Waals surface area contributed by atoms with Crippen LogP contribution in [0.4, 0.5) is 0 Å². The SMILES string of the molecule is CCCCCN1C(=O)C(CC)(CC)NC(=O)C1(C)CC. The Kier molecular flexibility index (Phi) is 5.60. The molecular weight excluding hydrogens is 252 g/mol. The maximum atomic E-state index is 12.9. The first-order valence-corrected chi connectivity index (χ1v) is 8.06. The Morgan fingerprint density at radius 3 is 2.05 bits per heavy atom. The van der Waals surface area contributed by atoms with Crippen molar-refractivity contribution >= 4 is 11.8 Å². The molecule has 1 fully saturated rings. The third-order valence-electron chi connectivity index (χ3n) is 4.97. The van der Waals surface area contributed by atoms with Gasteiger partial charge >= 0.3 is 0 Å². The van der Waals surface area contributed by atoms with Crippen LogP contribution in [0.3, 0.4) is 0 Å². The van der Waals surface area contributed by atoms with Crippen LogP contribution in [0.5, 0.6) is 0 Å². The van der Waals surface area contributed by atoms with E-state index >= 15 is 0 Å². The Labute approximate surface area is 123 Å². The van der Waals surface area contributed by atoms with Crippen LogP contribution in [0.15, 0.2) is 0 Å². The zero-order valence-electron chi connectivity index (χ0n) is 13.7. The van der Waals surface area contributed by atoms with Crippen molar-refractivity contribution in [1.82, 2.24) is 10.2 Å². The highest BCUT2D eigenvalue weighted by Crippen LogP contribution is 2.32. The van der Waals surface area contributed by atoms with Crippen molar-refractivity contribution < 1.29 is 9.59 Å². The Balaban J connectivity index is 3.08. The fraction of sp³-hybridized carbons (Fsp3) is 0.875. The van der Waals surface area contributed by atoms with E-state index in [1.54, 1.807) is 0 Å². The summed E-state index contributed by atoms with van der Waals surface area (Å²) in [5, 5.41) is 3.01. The summed E-state index contributed by atoms with van der Waals surface area (Å²) in [6.07, 6.45) is 5.13. The minimum atomic E-state index is -0.696. The molecular formula is C16H30N2O2. The van der Waals surface area contributed by atoms with Crippen LogP contribution in [-0.2, 0) is 9.59 Å². The molecule has 1 atom stereocenters. The van der Waals surface area contributed by atoms with Gasteiger partial charge < -0.3 is 10.2 Å². The molecule has 1 heterocycles. The van der Waals surface area contributed by atoms with Gasteiger partial charge in [0.2, 0.25) is 11.8 Å². The van der Waals surface area contributed by atoms with E-state index in [2.05, 4.69) is 12.2 Å². The van der Waals surface area contributed by atoms with Crippen LogP contribution in [0, 0.1) is 0 Å². The van der Waals surface area contributed by atoms with Crippen molar-refractivity contribution in [2.24, 2.45) is 0 Å². The predicted octanol–water partition coefficient (Wildman–Crippen LogP) is 2.86. The molecule has 0 aliphatic carbocycles. The highest BCUT2D eigenvalue weighted by Gasteiger charge is 2.53. The number of hydrogen-bond acceptors (Lipinski definition) is 2. The van der Waals surface area contributed by atoms with E-state index in [9.17, 15) is 9.59 Å². The second kappa shape index (κ2) is 6.59. The summed E-state index contributed by atoms with van der Waals surface area (Å²) >= 11 is 0. The maximum Gasteiger partial charge on any atom is 0.249 e. The number of rotatable bonds is 7. The fourth-order valence-electron chi connectivity index (χ4n) is 2.96. The molecule has 1 aliphatic heterocycles. The lowest BCUT2D eigenvalue weighted by Gasteiger charge is -2.51. The monoisotopic (exact) mass is 282 g/mol. The summed E-state index contributed by atoms with van der Waals surface area (Å²) in [4.78, 5) is 27.3. The minimum absolute atomic E-state index is 0.000187. The van der Waals surface area contributed by atoms with E-state index in [-0.39, 0.29) is 11.8 Å². The zero-order valence-corrected chi connectivity index (χ0v) is 13.7. The van der Waals surface area contributed by atoms with E-state index in [0.29, 0.717) is 25.8 Å². The molecule has 0 aromatic carbocycles. The molecule has 2 amide bonds. The molecule has 4 nitrogen and oxygen atoms in total. The number of piperazine rings is 1. The van der Waals surface area contributed by atoms with Gasteiger partial charge in [-0.2, -0.15) is 0 Å². The number of amides is 2. The largest absolute Gasteiger partial charge is 0.340 e. The number of nitrogens with one attached hydrogen (secondary N) is 1. The van der Waals surface area contributed by atoms with Crippen LogP contribution in [0.25, 0.3) is 0 Å². The quantitative estimate of drug-likeness (QED) is 0.730. The molecule has 116 valence electrons. The molecule has 1 unspecified atom stereocenters. The van der Waals surface area contributed by atoms with Crippen LogP contribution in [0.2, 0.25) is 0 Å². The normalized spacial score (nSPS) is 25.8. The van der Waals surface area contributed by atoms with Gasteiger partial charge in [0.05, 0.1) is 0 Å². The van der Waals surface area contributed by atoms with Gasteiger partial charge in [-0.15, -0.1) is 0 Å². The lowest BCUT2D eigenvalue weighted by Crippen LogP contribution is -2.74. The standard InChI is InChI=1S/C16H30N2O2/c1-6-10-11-12-18-14(20)16(8-3,9-4)17-13(19)15(18,5)7-2/h6-12H2,1-5H3,(H,17,19). The van der Waals surface area contributed by atoms with Gasteiger partial charge in [-0.1, -0.05) is 40.5 Å². The second-order valence-corrected chi connectivity index (χ2v) is 6.03. The molecule has 1 saturated heterocycles. The molecule has 20 heavy (non-hydrogen) atoms. The summed E-state index contributed by atoms with van der Waals surface area (Å²) in [6.45, 7) is 10.6. The Bertz CT molecular complexity index is 363. The van der Waals surface area contributed by atoms with E-state index < -0.39 is 11.1 Å². The Morgan fingerprint density at radius 2 is 1.60 bits per heavy atom. The van der Waals surface area contributed by atoms with Crippen molar-refractivity contribution in [2.75, 3.05) is 6.54 Å². The highest BCUT2D eigenvalue weighted by atomic mass is 16.2. The first-order chi connectivity index (χ1) is 9.41. The number of nitrogens with zero attached hydrogens (tertiary/aromatic N) is 1. The van der Waals surface area contributed by atoms with Crippen molar-refractivity contribution in [1.29, 1.82) is 0 Å². The van der Waals surface area contributed by atoms with E-state index in [4.69, 9.17) is 0 Å². The molecule has 0 bridgehead atoms. The predicted molar refractivity (Wildman–Crippen MR) is 81.4 cm³/mol. The molecule has 1 N–H and O–H groups in total. The minimum Gasteiger partial charge on any atom is -0.340 e. The van der Waals surface area contributed by atoms with Crippen molar-refractivity contribution in [3.05, 3.63) is 0 Å². The molecule has 0 saturated carbocycles.